The van der Waals surface area contributed by atoms with Crippen LogP contribution < -0.4 is 5.32 Å². The molecule has 1 aliphatic carbocycles. The highest BCUT2D eigenvalue weighted by molar-refractivity contribution is 5.92. The topological polar surface area (TPSA) is 78.3 Å². The molecule has 4 rings (SSSR count). The standard InChI is InChI=1S/C18H16N2O3/c21-18(22)14-4-2-1-3-13(14)12-7-15-16(11-5-6-23-10-11)9-20-17(15)19-8-12/h1,3,5-7,9-10,19-20H,2,4,8H2,(H,21,22). The Bertz CT molecular complexity index is 851. The van der Waals surface area contributed by atoms with Gasteiger partial charge in [-0.1, -0.05) is 12.2 Å². The summed E-state index contributed by atoms with van der Waals surface area (Å²) in [5.41, 5.74) is 5.37. The Balaban J connectivity index is 1.82. The molecule has 3 heterocycles. The van der Waals surface area contributed by atoms with Crippen LogP contribution >= 0.6 is 0 Å². The molecular weight excluding hydrogens is 292 g/mol. The summed E-state index contributed by atoms with van der Waals surface area (Å²) >= 11 is 0. The third-order valence-corrected chi connectivity index (χ3v) is 4.30. The highest BCUT2D eigenvalue weighted by atomic mass is 16.4. The van der Waals surface area contributed by atoms with Crippen LogP contribution in [0.1, 0.15) is 18.4 Å². The van der Waals surface area contributed by atoms with Gasteiger partial charge in [-0.25, -0.2) is 4.79 Å². The fourth-order valence-corrected chi connectivity index (χ4v) is 3.16. The first-order valence-electron chi connectivity index (χ1n) is 7.56. The van der Waals surface area contributed by atoms with Gasteiger partial charge in [0.15, 0.2) is 0 Å². The molecule has 0 spiro atoms. The van der Waals surface area contributed by atoms with Gasteiger partial charge in [-0.15, -0.1) is 0 Å². The van der Waals surface area contributed by atoms with E-state index in [9.17, 15) is 9.90 Å². The van der Waals surface area contributed by atoms with Crippen molar-refractivity contribution in [1.29, 1.82) is 0 Å². The molecule has 0 bridgehead atoms. The number of rotatable bonds is 3. The van der Waals surface area contributed by atoms with Crippen LogP contribution in [0.5, 0.6) is 0 Å². The molecule has 0 atom stereocenters. The molecular formula is C18H16N2O3. The van der Waals surface area contributed by atoms with E-state index in [1.807, 2.05) is 24.4 Å². The first-order valence-corrected chi connectivity index (χ1v) is 7.56. The third kappa shape index (κ3) is 2.30. The number of fused-ring (bicyclic) bond motifs is 1. The largest absolute Gasteiger partial charge is 0.478 e. The van der Waals surface area contributed by atoms with Gasteiger partial charge in [0.2, 0.25) is 0 Å². The molecule has 0 unspecified atom stereocenters. The Morgan fingerprint density at radius 2 is 2.26 bits per heavy atom. The van der Waals surface area contributed by atoms with Gasteiger partial charge >= 0.3 is 5.97 Å². The maximum Gasteiger partial charge on any atom is 0.332 e. The van der Waals surface area contributed by atoms with E-state index in [0.717, 1.165) is 40.1 Å². The van der Waals surface area contributed by atoms with Crippen LogP contribution in [0.15, 0.2) is 58.1 Å². The fourth-order valence-electron chi connectivity index (χ4n) is 3.16. The van der Waals surface area contributed by atoms with Gasteiger partial charge in [-0.2, -0.15) is 0 Å². The average molecular weight is 308 g/mol. The van der Waals surface area contributed by atoms with E-state index >= 15 is 0 Å². The number of carbonyl (C=O) groups is 1. The van der Waals surface area contributed by atoms with E-state index in [0.29, 0.717) is 18.5 Å². The van der Waals surface area contributed by atoms with Crippen molar-refractivity contribution in [1.82, 2.24) is 4.98 Å². The number of aromatic amines is 1. The number of aromatic nitrogens is 1. The van der Waals surface area contributed by atoms with Crippen molar-refractivity contribution in [2.75, 3.05) is 11.9 Å². The number of allylic oxidation sites excluding steroid dienone is 2. The Morgan fingerprint density at radius 1 is 1.35 bits per heavy atom. The van der Waals surface area contributed by atoms with Crippen LogP contribution in [-0.4, -0.2) is 22.6 Å². The quantitative estimate of drug-likeness (QED) is 0.805. The van der Waals surface area contributed by atoms with Crippen LogP contribution in [0.3, 0.4) is 0 Å². The number of anilines is 1. The van der Waals surface area contributed by atoms with Crippen LogP contribution in [0, 0.1) is 0 Å². The zero-order chi connectivity index (χ0) is 15.8. The van der Waals surface area contributed by atoms with Gasteiger partial charge in [0, 0.05) is 35.0 Å². The number of hydrogen-bond donors (Lipinski definition) is 3. The van der Waals surface area contributed by atoms with Gasteiger partial charge in [0.05, 0.1) is 12.5 Å². The van der Waals surface area contributed by atoms with E-state index in [1.165, 1.54) is 0 Å². The number of carboxylic acid groups (broad SMARTS) is 1. The third-order valence-electron chi connectivity index (χ3n) is 4.30. The highest BCUT2D eigenvalue weighted by Crippen LogP contribution is 2.36. The maximum absolute atomic E-state index is 11.5. The summed E-state index contributed by atoms with van der Waals surface area (Å²) in [5.74, 6) is 0.113. The van der Waals surface area contributed by atoms with Crippen LogP contribution in [-0.2, 0) is 4.79 Å². The lowest BCUT2D eigenvalue weighted by Crippen LogP contribution is -2.15. The van der Waals surface area contributed by atoms with Crippen LogP contribution in [0.25, 0.3) is 17.2 Å². The number of hydrogen-bond acceptors (Lipinski definition) is 3. The summed E-state index contributed by atoms with van der Waals surface area (Å²) in [6.07, 6.45) is 12.7. The van der Waals surface area contributed by atoms with Crippen molar-refractivity contribution in [3.63, 3.8) is 0 Å². The molecule has 0 aromatic carbocycles. The second-order valence-corrected chi connectivity index (χ2v) is 5.66. The van der Waals surface area contributed by atoms with Crippen molar-refractivity contribution in [3.8, 4) is 11.1 Å². The van der Waals surface area contributed by atoms with Crippen molar-refractivity contribution in [2.45, 2.75) is 12.8 Å². The molecule has 5 heteroatoms. The molecule has 0 radical (unpaired) electrons. The summed E-state index contributed by atoms with van der Waals surface area (Å²) in [7, 11) is 0. The normalized spacial score (nSPS) is 16.8. The van der Waals surface area contributed by atoms with Gasteiger partial charge < -0.3 is 19.8 Å². The molecule has 1 aliphatic heterocycles. The molecule has 0 fully saturated rings. The average Bonchev–Trinajstić information content (AvgIpc) is 3.23. The summed E-state index contributed by atoms with van der Waals surface area (Å²) in [4.78, 5) is 14.7. The van der Waals surface area contributed by atoms with E-state index in [-0.39, 0.29) is 0 Å². The minimum absolute atomic E-state index is 0.490. The number of nitrogens with one attached hydrogen (secondary N) is 2. The van der Waals surface area contributed by atoms with E-state index in [1.54, 1.807) is 12.5 Å². The zero-order valence-corrected chi connectivity index (χ0v) is 12.4. The Kier molecular flexibility index (Phi) is 3.19. The van der Waals surface area contributed by atoms with Crippen LogP contribution in [0.2, 0.25) is 0 Å². The van der Waals surface area contributed by atoms with Gasteiger partial charge in [-0.3, -0.25) is 0 Å². The number of aliphatic carboxylic acids is 1. The van der Waals surface area contributed by atoms with Gasteiger partial charge in [0.25, 0.3) is 0 Å². The summed E-state index contributed by atoms with van der Waals surface area (Å²) in [6.45, 7) is 0.606. The smallest absolute Gasteiger partial charge is 0.332 e. The Hall–Kier alpha value is -2.95. The molecule has 2 aromatic rings. The molecule has 5 nitrogen and oxygen atoms in total. The highest BCUT2D eigenvalue weighted by Gasteiger charge is 2.22. The number of carboxylic acids is 1. The molecule has 2 aromatic heterocycles. The molecule has 23 heavy (non-hydrogen) atoms. The lowest BCUT2D eigenvalue weighted by Gasteiger charge is -2.21. The SMILES string of the molecule is O=C(O)C1=C(C2=Cc3c(-c4ccoc4)c[nH]c3NC2)C=CCC1. The minimum Gasteiger partial charge on any atom is -0.478 e. The van der Waals surface area contributed by atoms with Gasteiger partial charge in [0.1, 0.15) is 5.82 Å². The monoisotopic (exact) mass is 308 g/mol. The zero-order valence-electron chi connectivity index (χ0n) is 12.4. The molecule has 3 N–H and O–H groups in total. The Labute approximate surface area is 133 Å². The number of H-pyrrole nitrogens is 1. The second-order valence-electron chi connectivity index (χ2n) is 5.66. The van der Waals surface area contributed by atoms with E-state index in [4.69, 9.17) is 4.42 Å². The first kappa shape index (κ1) is 13.7. The van der Waals surface area contributed by atoms with Gasteiger partial charge in [-0.05, 0) is 36.1 Å². The van der Waals surface area contributed by atoms with Crippen molar-refractivity contribution < 1.29 is 14.3 Å². The molecule has 116 valence electrons. The fraction of sp³-hybridized carbons (Fsp3) is 0.167. The van der Waals surface area contributed by atoms with Crippen molar-refractivity contribution in [2.24, 2.45) is 0 Å². The second kappa shape index (κ2) is 5.35. The summed E-state index contributed by atoms with van der Waals surface area (Å²) in [5, 5.41) is 12.8. The van der Waals surface area contributed by atoms with Crippen molar-refractivity contribution in [3.05, 3.63) is 59.2 Å². The summed E-state index contributed by atoms with van der Waals surface area (Å²) in [6, 6.07) is 1.91. The molecule has 0 saturated heterocycles. The molecule has 2 aliphatic rings. The van der Waals surface area contributed by atoms with Crippen molar-refractivity contribution >= 4 is 17.9 Å². The first-order chi connectivity index (χ1) is 11.2. The lowest BCUT2D eigenvalue weighted by atomic mass is 9.89. The number of furan rings is 1. The minimum atomic E-state index is -0.833. The van der Waals surface area contributed by atoms with E-state index in [2.05, 4.69) is 16.4 Å². The Morgan fingerprint density at radius 3 is 3.04 bits per heavy atom. The maximum atomic E-state index is 11.5. The lowest BCUT2D eigenvalue weighted by molar-refractivity contribution is -0.132. The van der Waals surface area contributed by atoms with Crippen LogP contribution in [0.4, 0.5) is 5.82 Å². The molecule has 0 saturated carbocycles. The summed E-state index contributed by atoms with van der Waals surface area (Å²) < 4.78 is 5.17. The molecule has 0 amide bonds. The van der Waals surface area contributed by atoms with E-state index < -0.39 is 5.97 Å². The predicted molar refractivity (Wildman–Crippen MR) is 88.0 cm³/mol. The predicted octanol–water partition coefficient (Wildman–Crippen LogP) is 3.81.